The first kappa shape index (κ1) is 12.1. The van der Waals surface area contributed by atoms with Gasteiger partial charge in [0.25, 0.3) is 0 Å². The number of allylic oxidation sites excluding steroid dienone is 4. The van der Waals surface area contributed by atoms with Gasteiger partial charge in [-0.2, -0.15) is 0 Å². The van der Waals surface area contributed by atoms with Crippen LogP contribution in [0.4, 0.5) is 0 Å². The first-order valence-corrected chi connectivity index (χ1v) is 2.23. The highest BCUT2D eigenvalue weighted by Crippen LogP contribution is 1.90. The van der Waals surface area contributed by atoms with Gasteiger partial charge in [0, 0.05) is 0 Å². The molecule has 0 unspecified atom stereocenters. The third-order valence-electron chi connectivity index (χ3n) is 0.824. The van der Waals surface area contributed by atoms with Crippen molar-refractivity contribution in [3.8, 4) is 0 Å². The van der Waals surface area contributed by atoms with Crippen LogP contribution in [-0.2, 0) is 9.59 Å². The van der Waals surface area contributed by atoms with E-state index >= 15 is 0 Å². The summed E-state index contributed by atoms with van der Waals surface area (Å²) in [5, 5.41) is 0. The molecule has 0 aliphatic heterocycles. The first-order chi connectivity index (χ1) is 3.79. The highest BCUT2D eigenvalue weighted by molar-refractivity contribution is 6.14. The topological polar surface area (TPSA) is 34.1 Å². The van der Waals surface area contributed by atoms with Gasteiger partial charge in [-0.25, -0.2) is 0 Å². The Kier molecular flexibility index (Phi) is 6.31. The molecular formula is C6H5Cl2O2-. The van der Waals surface area contributed by atoms with Gasteiger partial charge in [-0.1, -0.05) is 0 Å². The standard InChI is InChI=1S/C6H4O2.2ClH/c7-5-1-2-6(8)4-3-5;;/h1-4H;2*1H/p-1. The molecule has 2 nitrogen and oxygen atoms in total. The quantitative estimate of drug-likeness (QED) is 0.392. The number of hydrogen-bond donors (Lipinski definition) is 0. The van der Waals surface area contributed by atoms with E-state index in [0.717, 1.165) is 0 Å². The van der Waals surface area contributed by atoms with Crippen LogP contribution in [0, 0.1) is 0 Å². The predicted octanol–water partition coefficient (Wildman–Crippen LogP) is -2.32. The maximum absolute atomic E-state index is 10.3. The molecule has 1 aliphatic carbocycles. The van der Waals surface area contributed by atoms with Gasteiger partial charge in [-0.3, -0.25) is 9.59 Å². The molecule has 1 aliphatic rings. The number of hydrogen-bond acceptors (Lipinski definition) is 2. The summed E-state index contributed by atoms with van der Waals surface area (Å²) in [6.07, 6.45) is 5.01. The Hall–Kier alpha value is -0.600. The van der Waals surface area contributed by atoms with E-state index in [1.807, 2.05) is 0 Å². The van der Waals surface area contributed by atoms with Crippen LogP contribution in [0.3, 0.4) is 0 Å². The van der Waals surface area contributed by atoms with Crippen molar-refractivity contribution < 1.29 is 22.0 Å². The van der Waals surface area contributed by atoms with E-state index in [4.69, 9.17) is 0 Å². The average Bonchev–Trinajstić information content (AvgIpc) is 1.77. The molecule has 0 aromatic carbocycles. The number of carbonyl (C=O) groups is 2. The summed E-state index contributed by atoms with van der Waals surface area (Å²) in [6.45, 7) is 0. The van der Waals surface area contributed by atoms with Gasteiger partial charge in [0.2, 0.25) is 0 Å². The van der Waals surface area contributed by atoms with Gasteiger partial charge in [-0.15, -0.1) is 12.4 Å². The summed E-state index contributed by atoms with van der Waals surface area (Å²) in [4.78, 5) is 20.6. The molecule has 56 valence electrons. The van der Waals surface area contributed by atoms with E-state index in [1.54, 1.807) is 0 Å². The van der Waals surface area contributed by atoms with Crippen LogP contribution in [-0.4, -0.2) is 11.6 Å². The fraction of sp³-hybridized carbons (Fsp3) is 0. The summed E-state index contributed by atoms with van der Waals surface area (Å²) in [5.41, 5.74) is 0. The maximum atomic E-state index is 10.3. The predicted molar refractivity (Wildman–Crippen MR) is 35.5 cm³/mol. The van der Waals surface area contributed by atoms with Crippen LogP contribution < -0.4 is 12.4 Å². The Morgan fingerprint density at radius 2 is 1.00 bits per heavy atom. The lowest BCUT2D eigenvalue weighted by Gasteiger charge is -1.87. The lowest BCUT2D eigenvalue weighted by Crippen LogP contribution is -3.00. The average molecular weight is 180 g/mol. The smallest absolute Gasteiger partial charge is 0.178 e. The fourth-order valence-corrected chi connectivity index (χ4v) is 0.440. The summed E-state index contributed by atoms with van der Waals surface area (Å²) < 4.78 is 0. The van der Waals surface area contributed by atoms with Crippen molar-refractivity contribution in [2.24, 2.45) is 0 Å². The maximum Gasteiger partial charge on any atom is 0.178 e. The summed E-state index contributed by atoms with van der Waals surface area (Å²) in [7, 11) is 0. The molecule has 0 aromatic heterocycles. The third-order valence-corrected chi connectivity index (χ3v) is 0.824. The molecule has 0 aromatic rings. The second-order valence-corrected chi connectivity index (χ2v) is 1.47. The van der Waals surface area contributed by atoms with Crippen molar-refractivity contribution in [3.63, 3.8) is 0 Å². The molecule has 0 amide bonds. The second kappa shape index (κ2) is 5.21. The molecule has 0 saturated heterocycles. The minimum atomic E-state index is -0.121. The fourth-order valence-electron chi connectivity index (χ4n) is 0.440. The Morgan fingerprint density at radius 1 is 0.800 bits per heavy atom. The van der Waals surface area contributed by atoms with Crippen molar-refractivity contribution in [1.29, 1.82) is 0 Å². The largest absolute Gasteiger partial charge is 1.00 e. The lowest BCUT2D eigenvalue weighted by atomic mass is 10.2. The highest BCUT2D eigenvalue weighted by atomic mass is 35.5. The van der Waals surface area contributed by atoms with Crippen LogP contribution in [0.25, 0.3) is 0 Å². The van der Waals surface area contributed by atoms with Crippen molar-refractivity contribution in [2.45, 2.75) is 0 Å². The minimum Gasteiger partial charge on any atom is -1.00 e. The molecular weight excluding hydrogens is 175 g/mol. The molecule has 0 N–H and O–H groups in total. The number of ketones is 2. The van der Waals surface area contributed by atoms with Crippen LogP contribution in [0.1, 0.15) is 0 Å². The molecule has 10 heavy (non-hydrogen) atoms. The lowest BCUT2D eigenvalue weighted by molar-refractivity contribution is -0.113. The number of halogens is 2. The van der Waals surface area contributed by atoms with E-state index in [9.17, 15) is 9.59 Å². The van der Waals surface area contributed by atoms with Crippen molar-refractivity contribution in [3.05, 3.63) is 24.3 Å². The van der Waals surface area contributed by atoms with E-state index in [-0.39, 0.29) is 36.4 Å². The van der Waals surface area contributed by atoms with Gasteiger partial charge >= 0.3 is 0 Å². The Balaban J connectivity index is 0. The Morgan fingerprint density at radius 3 is 1.20 bits per heavy atom. The monoisotopic (exact) mass is 179 g/mol. The minimum absolute atomic E-state index is 0. The van der Waals surface area contributed by atoms with Crippen LogP contribution in [0.5, 0.6) is 0 Å². The van der Waals surface area contributed by atoms with Crippen molar-refractivity contribution in [1.82, 2.24) is 0 Å². The second-order valence-electron chi connectivity index (χ2n) is 1.47. The number of carbonyl (C=O) groups excluding carboxylic acids is 2. The molecule has 1 rings (SSSR count). The summed E-state index contributed by atoms with van der Waals surface area (Å²) in [5.74, 6) is -0.241. The van der Waals surface area contributed by atoms with Crippen LogP contribution >= 0.6 is 12.4 Å². The highest BCUT2D eigenvalue weighted by Gasteiger charge is 1.97. The molecule has 0 spiro atoms. The zero-order chi connectivity index (χ0) is 5.98. The van der Waals surface area contributed by atoms with Crippen molar-refractivity contribution >= 4 is 24.0 Å². The zero-order valence-corrected chi connectivity index (χ0v) is 6.48. The Bertz CT molecular complexity index is 156. The summed E-state index contributed by atoms with van der Waals surface area (Å²) in [6, 6.07) is 0. The SMILES string of the molecule is Cl.O=C1C=CC(=O)C=C1.[Cl-]. The van der Waals surface area contributed by atoms with Gasteiger partial charge in [0.1, 0.15) is 0 Å². The molecule has 0 fully saturated rings. The molecule has 0 saturated carbocycles. The van der Waals surface area contributed by atoms with Crippen molar-refractivity contribution in [2.75, 3.05) is 0 Å². The zero-order valence-electron chi connectivity index (χ0n) is 4.91. The third kappa shape index (κ3) is 3.43. The van der Waals surface area contributed by atoms with Gasteiger partial charge < -0.3 is 12.4 Å². The first-order valence-electron chi connectivity index (χ1n) is 2.23. The van der Waals surface area contributed by atoms with Gasteiger partial charge in [0.05, 0.1) is 0 Å². The molecule has 0 bridgehead atoms. The number of rotatable bonds is 0. The van der Waals surface area contributed by atoms with Gasteiger partial charge in [-0.05, 0) is 24.3 Å². The molecule has 0 atom stereocenters. The van der Waals surface area contributed by atoms with E-state index in [2.05, 4.69) is 0 Å². The van der Waals surface area contributed by atoms with Crippen LogP contribution in [0.15, 0.2) is 24.3 Å². The Labute approximate surface area is 70.8 Å². The normalized spacial score (nSPS) is 14.0. The summed E-state index contributed by atoms with van der Waals surface area (Å²) >= 11 is 0. The van der Waals surface area contributed by atoms with E-state index < -0.39 is 0 Å². The molecule has 0 heterocycles. The van der Waals surface area contributed by atoms with Gasteiger partial charge in [0.15, 0.2) is 11.6 Å². The molecule has 0 radical (unpaired) electrons. The molecule has 4 heteroatoms. The van der Waals surface area contributed by atoms with E-state index in [1.165, 1.54) is 24.3 Å². The van der Waals surface area contributed by atoms with E-state index in [0.29, 0.717) is 0 Å². The van der Waals surface area contributed by atoms with Crippen LogP contribution in [0.2, 0.25) is 0 Å².